The highest BCUT2D eigenvalue weighted by Gasteiger charge is 2.21. The van der Waals surface area contributed by atoms with Crippen LogP contribution in [0.25, 0.3) is 11.0 Å². The molecule has 1 N–H and O–H groups in total. The Balaban J connectivity index is 2.26. The van der Waals surface area contributed by atoms with Gasteiger partial charge in [0.25, 0.3) is 0 Å². The van der Waals surface area contributed by atoms with E-state index in [2.05, 4.69) is 9.97 Å². The number of nitrogens with zero attached hydrogens (tertiary/aromatic N) is 3. The first-order valence-corrected chi connectivity index (χ1v) is 7.50. The zero-order valence-corrected chi connectivity index (χ0v) is 12.8. The molecule has 0 saturated heterocycles. The number of rotatable bonds is 3. The molecule has 0 saturated carbocycles. The topological polar surface area (TPSA) is 68.0 Å². The van der Waals surface area contributed by atoms with E-state index in [0.29, 0.717) is 11.0 Å². The van der Waals surface area contributed by atoms with Crippen molar-refractivity contribution >= 4 is 28.3 Å². The highest BCUT2D eigenvalue weighted by Crippen LogP contribution is 2.29. The van der Waals surface area contributed by atoms with Crippen LogP contribution in [0, 0.1) is 13.8 Å². The zero-order valence-electron chi connectivity index (χ0n) is 12.0. The zero-order chi connectivity index (χ0) is 15.1. The Hall–Kier alpha value is -2.21. The van der Waals surface area contributed by atoms with Crippen LogP contribution in [-0.4, -0.2) is 25.6 Å². The van der Waals surface area contributed by atoms with Gasteiger partial charge in [0.15, 0.2) is 0 Å². The van der Waals surface area contributed by atoms with Crippen molar-refractivity contribution in [3.8, 4) is 0 Å². The smallest absolute Gasteiger partial charge is 0.337 e. The molecule has 3 rings (SSSR count). The Kier molecular flexibility index (Phi) is 3.25. The van der Waals surface area contributed by atoms with Crippen molar-refractivity contribution in [3.05, 3.63) is 45.7 Å². The quantitative estimate of drug-likeness (QED) is 0.805. The summed E-state index contributed by atoms with van der Waals surface area (Å²) in [5.41, 5.74) is 2.60. The first-order valence-electron chi connectivity index (χ1n) is 6.62. The Morgan fingerprint density at radius 1 is 1.33 bits per heavy atom. The highest BCUT2D eigenvalue weighted by molar-refractivity contribution is 7.09. The van der Waals surface area contributed by atoms with Crippen molar-refractivity contribution < 1.29 is 9.90 Å². The van der Waals surface area contributed by atoms with E-state index in [1.54, 1.807) is 23.5 Å². The predicted octanol–water partition coefficient (Wildman–Crippen LogP) is 3.42. The number of imidazole rings is 1. The van der Waals surface area contributed by atoms with Crippen LogP contribution in [-0.2, 0) is 0 Å². The molecule has 0 amide bonds. The van der Waals surface area contributed by atoms with E-state index in [-0.39, 0.29) is 11.6 Å². The van der Waals surface area contributed by atoms with Crippen molar-refractivity contribution in [1.82, 2.24) is 14.5 Å². The molecule has 5 nitrogen and oxygen atoms in total. The van der Waals surface area contributed by atoms with Crippen LogP contribution in [0.15, 0.2) is 23.6 Å². The maximum absolute atomic E-state index is 11.5. The van der Waals surface area contributed by atoms with Crippen LogP contribution in [0.4, 0.5) is 0 Å². The normalized spacial score (nSPS) is 12.7. The van der Waals surface area contributed by atoms with Gasteiger partial charge >= 0.3 is 5.97 Å². The summed E-state index contributed by atoms with van der Waals surface area (Å²) in [5.74, 6) is -0.150. The van der Waals surface area contributed by atoms with Crippen molar-refractivity contribution in [1.29, 1.82) is 0 Å². The number of thiazole rings is 1. The van der Waals surface area contributed by atoms with Crippen molar-refractivity contribution in [2.75, 3.05) is 0 Å². The number of carboxylic acid groups (broad SMARTS) is 1. The van der Waals surface area contributed by atoms with E-state index in [9.17, 15) is 9.90 Å². The molecule has 0 aliphatic heterocycles. The second-order valence-electron chi connectivity index (χ2n) is 5.01. The van der Waals surface area contributed by atoms with Gasteiger partial charge in [-0.05, 0) is 32.9 Å². The number of fused-ring (bicyclic) bond motifs is 1. The molecular formula is C15H15N3O2S. The molecule has 0 fully saturated rings. The van der Waals surface area contributed by atoms with E-state index >= 15 is 0 Å². The Labute approximate surface area is 125 Å². The van der Waals surface area contributed by atoms with Gasteiger partial charge in [0.05, 0.1) is 22.6 Å². The fraction of sp³-hybridized carbons (Fsp3) is 0.267. The van der Waals surface area contributed by atoms with E-state index in [1.807, 2.05) is 36.8 Å². The average molecular weight is 301 g/mol. The molecule has 1 atom stereocenters. The van der Waals surface area contributed by atoms with E-state index in [1.165, 1.54) is 0 Å². The summed E-state index contributed by atoms with van der Waals surface area (Å²) in [5, 5.41) is 12.4. The minimum absolute atomic E-state index is 0.0470. The molecule has 21 heavy (non-hydrogen) atoms. The van der Waals surface area contributed by atoms with E-state index in [0.717, 1.165) is 16.5 Å². The molecule has 2 aromatic heterocycles. The number of aryl methyl sites for hydroxylation is 2. The third kappa shape index (κ3) is 2.21. The molecule has 0 spiro atoms. The van der Waals surface area contributed by atoms with Crippen LogP contribution in [0.1, 0.15) is 39.8 Å². The third-order valence-corrected chi connectivity index (χ3v) is 4.63. The summed E-state index contributed by atoms with van der Waals surface area (Å²) in [6.45, 7) is 5.86. The number of aromatic nitrogens is 3. The molecule has 108 valence electrons. The molecule has 0 bridgehead atoms. The van der Waals surface area contributed by atoms with Gasteiger partial charge in [-0.1, -0.05) is 6.07 Å². The van der Waals surface area contributed by atoms with Gasteiger partial charge in [-0.15, -0.1) is 11.3 Å². The standard InChI is InChI=1S/C15H15N3O2S/c1-8-7-21-14(16-8)9(2)18-10(3)17-12-6-4-5-11(13(12)18)15(19)20/h4-7,9H,1-3H3,(H,19,20). The molecule has 2 heterocycles. The average Bonchev–Trinajstić information content (AvgIpc) is 3.00. The van der Waals surface area contributed by atoms with Crippen LogP contribution in [0.3, 0.4) is 0 Å². The molecule has 0 aliphatic rings. The van der Waals surface area contributed by atoms with Crippen LogP contribution in [0.5, 0.6) is 0 Å². The van der Waals surface area contributed by atoms with Crippen LogP contribution < -0.4 is 0 Å². The highest BCUT2D eigenvalue weighted by atomic mass is 32.1. The van der Waals surface area contributed by atoms with Crippen molar-refractivity contribution in [3.63, 3.8) is 0 Å². The third-order valence-electron chi connectivity index (χ3n) is 3.50. The minimum atomic E-state index is -0.940. The first-order chi connectivity index (χ1) is 9.99. The Bertz CT molecular complexity index is 835. The molecule has 6 heteroatoms. The Morgan fingerprint density at radius 2 is 2.10 bits per heavy atom. The van der Waals surface area contributed by atoms with Crippen LogP contribution >= 0.6 is 11.3 Å². The summed E-state index contributed by atoms with van der Waals surface area (Å²) in [7, 11) is 0. The summed E-state index contributed by atoms with van der Waals surface area (Å²) in [4.78, 5) is 20.5. The SMILES string of the molecule is Cc1csc(C(C)n2c(C)nc3cccc(C(=O)O)c32)n1. The number of benzene rings is 1. The van der Waals surface area contributed by atoms with Gasteiger partial charge < -0.3 is 9.67 Å². The molecule has 1 aromatic carbocycles. The predicted molar refractivity (Wildman–Crippen MR) is 82.1 cm³/mol. The number of hydrogen-bond acceptors (Lipinski definition) is 4. The molecule has 0 radical (unpaired) electrons. The summed E-state index contributed by atoms with van der Waals surface area (Å²) in [6, 6.07) is 5.13. The number of carbonyl (C=O) groups is 1. The first kappa shape index (κ1) is 13.8. The van der Waals surface area contributed by atoms with Gasteiger partial charge in [0.2, 0.25) is 0 Å². The lowest BCUT2D eigenvalue weighted by Crippen LogP contribution is -2.11. The van der Waals surface area contributed by atoms with Crippen LogP contribution in [0.2, 0.25) is 0 Å². The Morgan fingerprint density at radius 3 is 2.71 bits per heavy atom. The maximum Gasteiger partial charge on any atom is 0.337 e. The second-order valence-corrected chi connectivity index (χ2v) is 5.90. The fourth-order valence-electron chi connectivity index (χ4n) is 2.59. The molecule has 3 aromatic rings. The number of aromatic carboxylic acids is 1. The monoisotopic (exact) mass is 301 g/mol. The van der Waals surface area contributed by atoms with Gasteiger partial charge in [0.1, 0.15) is 10.8 Å². The summed E-state index contributed by atoms with van der Waals surface area (Å²) in [6.07, 6.45) is 0. The maximum atomic E-state index is 11.5. The largest absolute Gasteiger partial charge is 0.478 e. The van der Waals surface area contributed by atoms with Crippen molar-refractivity contribution in [2.45, 2.75) is 26.8 Å². The lowest BCUT2D eigenvalue weighted by Gasteiger charge is -2.15. The lowest BCUT2D eigenvalue weighted by molar-refractivity contribution is 0.0698. The number of carboxylic acids is 1. The summed E-state index contributed by atoms with van der Waals surface area (Å²) < 4.78 is 1.96. The fourth-order valence-corrected chi connectivity index (χ4v) is 3.43. The van der Waals surface area contributed by atoms with Gasteiger partial charge in [-0.3, -0.25) is 0 Å². The summed E-state index contributed by atoms with van der Waals surface area (Å²) >= 11 is 1.58. The van der Waals surface area contributed by atoms with E-state index in [4.69, 9.17) is 0 Å². The van der Waals surface area contributed by atoms with Gasteiger partial charge in [-0.2, -0.15) is 0 Å². The molecule has 1 unspecified atom stereocenters. The van der Waals surface area contributed by atoms with Gasteiger partial charge in [0, 0.05) is 11.1 Å². The number of para-hydroxylation sites is 1. The van der Waals surface area contributed by atoms with E-state index < -0.39 is 5.97 Å². The molecular weight excluding hydrogens is 286 g/mol. The lowest BCUT2D eigenvalue weighted by atomic mass is 10.1. The minimum Gasteiger partial charge on any atom is -0.478 e. The van der Waals surface area contributed by atoms with Gasteiger partial charge in [-0.25, -0.2) is 14.8 Å². The molecule has 0 aliphatic carbocycles. The second kappa shape index (κ2) is 4.96. The van der Waals surface area contributed by atoms with Crippen molar-refractivity contribution in [2.24, 2.45) is 0 Å². The number of hydrogen-bond donors (Lipinski definition) is 1.